The van der Waals surface area contributed by atoms with E-state index in [-0.39, 0.29) is 5.91 Å². The van der Waals surface area contributed by atoms with Crippen LogP contribution >= 0.6 is 0 Å². The molecule has 0 bridgehead atoms. The third kappa shape index (κ3) is 4.56. The monoisotopic (exact) mass is 284 g/mol. The Morgan fingerprint density at radius 1 is 1.24 bits per heavy atom. The standard InChI is InChI=1S/C16H20N4O/c1-3-12(2)20-14-4-5-15(18-11-14)16(21)19-10-13-6-8-17-9-7-13/h4-9,11-12,20H,3,10H2,1-2H3,(H,19,21). The maximum Gasteiger partial charge on any atom is 0.270 e. The normalized spacial score (nSPS) is 11.7. The summed E-state index contributed by atoms with van der Waals surface area (Å²) < 4.78 is 0. The number of hydrogen-bond donors (Lipinski definition) is 2. The average Bonchev–Trinajstić information content (AvgIpc) is 2.54. The molecule has 0 radical (unpaired) electrons. The number of pyridine rings is 2. The lowest BCUT2D eigenvalue weighted by Crippen LogP contribution is -2.24. The first-order valence-electron chi connectivity index (χ1n) is 7.08. The highest BCUT2D eigenvalue weighted by Crippen LogP contribution is 2.09. The van der Waals surface area contributed by atoms with E-state index in [1.54, 1.807) is 24.7 Å². The van der Waals surface area contributed by atoms with E-state index in [0.29, 0.717) is 18.3 Å². The molecule has 0 saturated carbocycles. The van der Waals surface area contributed by atoms with E-state index >= 15 is 0 Å². The predicted octanol–water partition coefficient (Wildman–Crippen LogP) is 2.62. The number of rotatable bonds is 6. The van der Waals surface area contributed by atoms with Crippen molar-refractivity contribution in [1.82, 2.24) is 15.3 Å². The van der Waals surface area contributed by atoms with E-state index in [2.05, 4.69) is 34.4 Å². The highest BCUT2D eigenvalue weighted by Gasteiger charge is 2.07. The molecule has 1 atom stereocenters. The lowest BCUT2D eigenvalue weighted by molar-refractivity contribution is 0.0946. The number of amides is 1. The second-order valence-corrected chi connectivity index (χ2v) is 4.92. The quantitative estimate of drug-likeness (QED) is 0.855. The van der Waals surface area contributed by atoms with E-state index in [1.807, 2.05) is 18.2 Å². The van der Waals surface area contributed by atoms with E-state index in [4.69, 9.17) is 0 Å². The molecule has 0 aromatic carbocycles. The third-order valence-electron chi connectivity index (χ3n) is 3.22. The number of nitrogens with one attached hydrogen (secondary N) is 2. The molecule has 110 valence electrons. The summed E-state index contributed by atoms with van der Waals surface area (Å²) in [5, 5.41) is 6.15. The van der Waals surface area contributed by atoms with Crippen molar-refractivity contribution in [3.63, 3.8) is 0 Å². The van der Waals surface area contributed by atoms with Crippen LogP contribution in [0.3, 0.4) is 0 Å². The first-order chi connectivity index (χ1) is 10.2. The number of aromatic nitrogens is 2. The molecule has 2 heterocycles. The summed E-state index contributed by atoms with van der Waals surface area (Å²) in [6.07, 6.45) is 6.13. The molecular formula is C16H20N4O. The third-order valence-corrected chi connectivity index (χ3v) is 3.22. The van der Waals surface area contributed by atoms with Gasteiger partial charge in [-0.2, -0.15) is 0 Å². The molecule has 0 fully saturated rings. The Morgan fingerprint density at radius 2 is 2.00 bits per heavy atom. The molecule has 5 heteroatoms. The first kappa shape index (κ1) is 15.0. The Morgan fingerprint density at radius 3 is 2.62 bits per heavy atom. The van der Waals surface area contributed by atoms with Gasteiger partial charge in [0.15, 0.2) is 0 Å². The van der Waals surface area contributed by atoms with E-state index in [0.717, 1.165) is 17.7 Å². The van der Waals surface area contributed by atoms with Gasteiger partial charge in [0.25, 0.3) is 5.91 Å². The zero-order valence-corrected chi connectivity index (χ0v) is 12.3. The number of anilines is 1. The van der Waals surface area contributed by atoms with Crippen molar-refractivity contribution in [2.75, 3.05) is 5.32 Å². The van der Waals surface area contributed by atoms with Crippen LogP contribution in [0.1, 0.15) is 36.3 Å². The van der Waals surface area contributed by atoms with Crippen molar-refractivity contribution in [2.45, 2.75) is 32.9 Å². The van der Waals surface area contributed by atoms with Gasteiger partial charge in [-0.1, -0.05) is 6.92 Å². The van der Waals surface area contributed by atoms with E-state index in [9.17, 15) is 4.79 Å². The summed E-state index contributed by atoms with van der Waals surface area (Å²) in [5.74, 6) is -0.179. The minimum absolute atomic E-state index is 0.179. The summed E-state index contributed by atoms with van der Waals surface area (Å²) in [5.41, 5.74) is 2.35. The zero-order chi connectivity index (χ0) is 15.1. The van der Waals surface area contributed by atoms with Crippen molar-refractivity contribution in [2.24, 2.45) is 0 Å². The molecule has 0 saturated heterocycles. The Labute approximate surface area is 124 Å². The zero-order valence-electron chi connectivity index (χ0n) is 12.3. The number of hydrogen-bond acceptors (Lipinski definition) is 4. The van der Waals surface area contributed by atoms with Crippen LogP contribution in [0.4, 0.5) is 5.69 Å². The number of carbonyl (C=O) groups excluding carboxylic acids is 1. The van der Waals surface area contributed by atoms with Crippen molar-refractivity contribution in [1.29, 1.82) is 0 Å². The molecule has 2 aromatic heterocycles. The van der Waals surface area contributed by atoms with Gasteiger partial charge >= 0.3 is 0 Å². The molecule has 0 aliphatic heterocycles. The number of nitrogens with zero attached hydrogens (tertiary/aromatic N) is 2. The first-order valence-corrected chi connectivity index (χ1v) is 7.08. The molecule has 0 aliphatic rings. The van der Waals surface area contributed by atoms with Gasteiger partial charge in [-0.25, -0.2) is 4.98 Å². The smallest absolute Gasteiger partial charge is 0.270 e. The maximum absolute atomic E-state index is 12.0. The largest absolute Gasteiger partial charge is 0.381 e. The van der Waals surface area contributed by atoms with Crippen LogP contribution in [0.2, 0.25) is 0 Å². The molecule has 5 nitrogen and oxygen atoms in total. The maximum atomic E-state index is 12.0. The Balaban J connectivity index is 1.90. The van der Waals surface area contributed by atoms with Crippen LogP contribution in [0.5, 0.6) is 0 Å². The van der Waals surface area contributed by atoms with Crippen molar-refractivity contribution in [3.05, 3.63) is 54.1 Å². The van der Waals surface area contributed by atoms with Gasteiger partial charge in [0.2, 0.25) is 0 Å². The van der Waals surface area contributed by atoms with Crippen LogP contribution < -0.4 is 10.6 Å². The summed E-state index contributed by atoms with van der Waals surface area (Å²) in [4.78, 5) is 20.1. The summed E-state index contributed by atoms with van der Waals surface area (Å²) in [6.45, 7) is 4.69. The minimum atomic E-state index is -0.179. The van der Waals surface area contributed by atoms with Gasteiger partial charge in [-0.15, -0.1) is 0 Å². The topological polar surface area (TPSA) is 66.9 Å². The lowest BCUT2D eigenvalue weighted by atomic mass is 10.2. The van der Waals surface area contributed by atoms with Gasteiger partial charge in [0, 0.05) is 25.0 Å². The highest BCUT2D eigenvalue weighted by atomic mass is 16.1. The predicted molar refractivity (Wildman–Crippen MR) is 83.0 cm³/mol. The second kappa shape index (κ2) is 7.38. The average molecular weight is 284 g/mol. The highest BCUT2D eigenvalue weighted by molar-refractivity contribution is 5.92. The molecule has 21 heavy (non-hydrogen) atoms. The molecule has 1 unspecified atom stereocenters. The fourth-order valence-corrected chi connectivity index (χ4v) is 1.77. The second-order valence-electron chi connectivity index (χ2n) is 4.92. The SMILES string of the molecule is CCC(C)Nc1ccc(C(=O)NCc2ccncc2)nc1. The minimum Gasteiger partial charge on any atom is -0.381 e. The van der Waals surface area contributed by atoms with Gasteiger partial charge in [0.05, 0.1) is 11.9 Å². The summed E-state index contributed by atoms with van der Waals surface area (Å²) in [7, 11) is 0. The van der Waals surface area contributed by atoms with Crippen molar-refractivity contribution < 1.29 is 4.79 Å². The Bertz CT molecular complexity index is 569. The molecule has 2 rings (SSSR count). The Hall–Kier alpha value is -2.43. The Kier molecular flexibility index (Phi) is 5.26. The number of carbonyl (C=O) groups is 1. The fraction of sp³-hybridized carbons (Fsp3) is 0.312. The van der Waals surface area contributed by atoms with Gasteiger partial charge in [-0.3, -0.25) is 9.78 Å². The van der Waals surface area contributed by atoms with Crippen LogP contribution in [-0.4, -0.2) is 21.9 Å². The lowest BCUT2D eigenvalue weighted by Gasteiger charge is -2.12. The molecular weight excluding hydrogens is 264 g/mol. The van der Waals surface area contributed by atoms with Crippen LogP contribution in [0.25, 0.3) is 0 Å². The molecule has 1 amide bonds. The molecule has 0 aliphatic carbocycles. The van der Waals surface area contributed by atoms with E-state index < -0.39 is 0 Å². The van der Waals surface area contributed by atoms with Crippen molar-refractivity contribution in [3.8, 4) is 0 Å². The molecule has 2 N–H and O–H groups in total. The van der Waals surface area contributed by atoms with Crippen LogP contribution in [-0.2, 0) is 6.54 Å². The molecule has 0 spiro atoms. The van der Waals surface area contributed by atoms with Gasteiger partial charge in [-0.05, 0) is 43.2 Å². The fourth-order valence-electron chi connectivity index (χ4n) is 1.77. The summed E-state index contributed by atoms with van der Waals surface area (Å²) >= 11 is 0. The van der Waals surface area contributed by atoms with Gasteiger partial charge < -0.3 is 10.6 Å². The van der Waals surface area contributed by atoms with Crippen LogP contribution in [0, 0.1) is 0 Å². The summed E-state index contributed by atoms with van der Waals surface area (Å²) in [6, 6.07) is 7.73. The van der Waals surface area contributed by atoms with Crippen LogP contribution in [0.15, 0.2) is 42.9 Å². The van der Waals surface area contributed by atoms with Gasteiger partial charge in [0.1, 0.15) is 5.69 Å². The molecule has 2 aromatic rings. The van der Waals surface area contributed by atoms with Crippen molar-refractivity contribution >= 4 is 11.6 Å². The van der Waals surface area contributed by atoms with E-state index in [1.165, 1.54) is 0 Å².